The summed E-state index contributed by atoms with van der Waals surface area (Å²) in [5, 5.41) is 8.41. The molecule has 26 heavy (non-hydrogen) atoms. The number of carbonyl (C=O) groups is 1. The van der Waals surface area contributed by atoms with E-state index in [1.807, 2.05) is 33.2 Å². The van der Waals surface area contributed by atoms with Gasteiger partial charge in [0.05, 0.1) is 11.7 Å². The average Bonchev–Trinajstić information content (AvgIpc) is 3.01. The Morgan fingerprint density at radius 3 is 2.69 bits per heavy atom. The maximum Gasteiger partial charge on any atom is 0.344 e. The molecule has 1 N–H and O–H groups in total. The second-order valence-corrected chi connectivity index (χ2v) is 6.14. The van der Waals surface area contributed by atoms with Crippen molar-refractivity contribution in [3.63, 3.8) is 0 Å². The lowest BCUT2D eigenvalue weighted by atomic mass is 10.1. The van der Waals surface area contributed by atoms with Gasteiger partial charge in [-0.25, -0.2) is 19.8 Å². The summed E-state index contributed by atoms with van der Waals surface area (Å²) >= 11 is 5.99. The zero-order chi connectivity index (χ0) is 18.7. The molecule has 3 rings (SSSR count). The van der Waals surface area contributed by atoms with Gasteiger partial charge in [0.15, 0.2) is 11.5 Å². The predicted octanol–water partition coefficient (Wildman–Crippen LogP) is 2.95. The lowest BCUT2D eigenvalue weighted by molar-refractivity contribution is 0.241. The van der Waals surface area contributed by atoms with Gasteiger partial charge in [0, 0.05) is 31.2 Å². The number of hydrogen-bond acceptors (Lipinski definition) is 5. The van der Waals surface area contributed by atoms with Crippen LogP contribution in [-0.4, -0.2) is 57.7 Å². The van der Waals surface area contributed by atoms with Gasteiger partial charge in [-0.2, -0.15) is 9.78 Å². The van der Waals surface area contributed by atoms with E-state index in [0.717, 1.165) is 5.56 Å². The summed E-state index contributed by atoms with van der Waals surface area (Å²) in [7, 11) is 3.72. The van der Waals surface area contributed by atoms with Crippen LogP contribution in [0.3, 0.4) is 0 Å². The number of amides is 1. The highest BCUT2D eigenvalue weighted by molar-refractivity contribution is 6.30. The SMILES string of the molecule is CCNC(=O)n1nc(-c2ccc(Cl)cc2)c2c(/N=C/N(C)C)ncnc21. The van der Waals surface area contributed by atoms with Crippen molar-refractivity contribution in [2.75, 3.05) is 20.6 Å². The molecule has 0 unspecified atom stereocenters. The number of carbonyl (C=O) groups excluding carboxylic acids is 1. The van der Waals surface area contributed by atoms with Crippen molar-refractivity contribution in [1.29, 1.82) is 0 Å². The van der Waals surface area contributed by atoms with E-state index in [4.69, 9.17) is 11.6 Å². The molecule has 134 valence electrons. The summed E-state index contributed by atoms with van der Waals surface area (Å²) in [5.74, 6) is 0.434. The van der Waals surface area contributed by atoms with Crippen molar-refractivity contribution in [3.05, 3.63) is 35.6 Å². The summed E-state index contributed by atoms with van der Waals surface area (Å²) in [6.45, 7) is 2.32. The molecule has 1 aromatic carbocycles. The fraction of sp³-hybridized carbons (Fsp3) is 0.235. The van der Waals surface area contributed by atoms with E-state index in [-0.39, 0.29) is 6.03 Å². The summed E-state index contributed by atoms with van der Waals surface area (Å²) in [6.07, 6.45) is 3.00. The Kier molecular flexibility index (Phi) is 5.13. The molecule has 0 spiro atoms. The van der Waals surface area contributed by atoms with Gasteiger partial charge in [0.1, 0.15) is 12.0 Å². The molecule has 0 aliphatic heterocycles. The van der Waals surface area contributed by atoms with E-state index in [9.17, 15) is 4.79 Å². The van der Waals surface area contributed by atoms with Crippen molar-refractivity contribution in [1.82, 2.24) is 30.0 Å². The summed E-state index contributed by atoms with van der Waals surface area (Å²) in [4.78, 5) is 27.1. The Morgan fingerprint density at radius 2 is 2.04 bits per heavy atom. The van der Waals surface area contributed by atoms with Crippen LogP contribution < -0.4 is 5.32 Å². The van der Waals surface area contributed by atoms with Crippen molar-refractivity contribution in [3.8, 4) is 11.3 Å². The maximum atomic E-state index is 12.4. The number of halogens is 1. The lowest BCUT2D eigenvalue weighted by Crippen LogP contribution is -2.29. The first-order valence-electron chi connectivity index (χ1n) is 7.99. The minimum absolute atomic E-state index is 0.362. The van der Waals surface area contributed by atoms with Crippen molar-refractivity contribution in [2.24, 2.45) is 4.99 Å². The van der Waals surface area contributed by atoms with Crippen molar-refractivity contribution < 1.29 is 4.79 Å². The molecule has 0 saturated carbocycles. The molecule has 0 radical (unpaired) electrons. The van der Waals surface area contributed by atoms with Gasteiger partial charge in [0.25, 0.3) is 0 Å². The highest BCUT2D eigenvalue weighted by Crippen LogP contribution is 2.33. The number of nitrogens with one attached hydrogen (secondary N) is 1. The highest BCUT2D eigenvalue weighted by atomic mass is 35.5. The maximum absolute atomic E-state index is 12.4. The third-order valence-electron chi connectivity index (χ3n) is 3.49. The van der Waals surface area contributed by atoms with Crippen LogP contribution in [0.2, 0.25) is 5.02 Å². The third kappa shape index (κ3) is 3.50. The van der Waals surface area contributed by atoms with Gasteiger partial charge in [-0.3, -0.25) is 0 Å². The number of aliphatic imine (C=N–C) groups is 1. The van der Waals surface area contributed by atoms with Gasteiger partial charge >= 0.3 is 6.03 Å². The minimum atomic E-state index is -0.362. The monoisotopic (exact) mass is 371 g/mol. The Hall–Kier alpha value is -3.00. The summed E-state index contributed by atoms with van der Waals surface area (Å²) in [6, 6.07) is 6.83. The molecule has 9 heteroatoms. The Morgan fingerprint density at radius 1 is 1.31 bits per heavy atom. The highest BCUT2D eigenvalue weighted by Gasteiger charge is 2.21. The van der Waals surface area contributed by atoms with E-state index >= 15 is 0 Å². The van der Waals surface area contributed by atoms with Crippen molar-refractivity contribution >= 4 is 40.8 Å². The number of hydrogen-bond donors (Lipinski definition) is 1. The van der Waals surface area contributed by atoms with Gasteiger partial charge < -0.3 is 10.2 Å². The first-order chi connectivity index (χ1) is 12.5. The topological polar surface area (TPSA) is 88.3 Å². The van der Waals surface area contributed by atoms with E-state index in [2.05, 4.69) is 25.4 Å². The quantitative estimate of drug-likeness (QED) is 0.562. The second-order valence-electron chi connectivity index (χ2n) is 5.71. The number of rotatable bonds is 4. The molecule has 2 aromatic heterocycles. The van der Waals surface area contributed by atoms with Crippen LogP contribution in [0, 0.1) is 0 Å². The first kappa shape index (κ1) is 17.8. The van der Waals surface area contributed by atoms with Gasteiger partial charge in [-0.05, 0) is 19.1 Å². The molecule has 3 aromatic rings. The molecule has 0 aliphatic rings. The van der Waals surface area contributed by atoms with Crippen LogP contribution in [0.1, 0.15) is 6.92 Å². The molecule has 0 atom stereocenters. The average molecular weight is 372 g/mol. The van der Waals surface area contributed by atoms with Gasteiger partial charge in [0.2, 0.25) is 0 Å². The van der Waals surface area contributed by atoms with Crippen LogP contribution in [0.4, 0.5) is 10.6 Å². The second kappa shape index (κ2) is 7.49. The largest absolute Gasteiger partial charge is 0.369 e. The van der Waals surface area contributed by atoms with E-state index in [1.54, 1.807) is 23.4 Å². The third-order valence-corrected chi connectivity index (χ3v) is 3.75. The predicted molar refractivity (Wildman–Crippen MR) is 102 cm³/mol. The van der Waals surface area contributed by atoms with E-state index in [0.29, 0.717) is 34.1 Å². The minimum Gasteiger partial charge on any atom is -0.369 e. The van der Waals surface area contributed by atoms with Crippen LogP contribution in [0.25, 0.3) is 22.3 Å². The zero-order valence-corrected chi connectivity index (χ0v) is 15.4. The fourth-order valence-electron chi connectivity index (χ4n) is 2.38. The molecule has 2 heterocycles. The number of aromatic nitrogens is 4. The number of fused-ring (bicyclic) bond motifs is 1. The van der Waals surface area contributed by atoms with Crippen LogP contribution >= 0.6 is 11.6 Å². The van der Waals surface area contributed by atoms with Crippen molar-refractivity contribution in [2.45, 2.75) is 6.92 Å². The molecule has 0 bridgehead atoms. The Bertz CT molecular complexity index is 963. The molecular weight excluding hydrogens is 354 g/mol. The molecule has 0 fully saturated rings. The number of nitrogens with zero attached hydrogens (tertiary/aromatic N) is 6. The Labute approximate surface area is 155 Å². The van der Waals surface area contributed by atoms with Crippen LogP contribution in [0.5, 0.6) is 0 Å². The normalized spacial score (nSPS) is 11.2. The molecular formula is C17H18ClN7O. The summed E-state index contributed by atoms with van der Waals surface area (Å²) in [5.41, 5.74) is 1.75. The molecule has 0 saturated heterocycles. The van der Waals surface area contributed by atoms with E-state index < -0.39 is 0 Å². The van der Waals surface area contributed by atoms with Gasteiger partial charge in [-0.15, -0.1) is 0 Å². The van der Waals surface area contributed by atoms with E-state index in [1.165, 1.54) is 11.0 Å². The smallest absolute Gasteiger partial charge is 0.344 e. The van der Waals surface area contributed by atoms with Crippen LogP contribution in [-0.2, 0) is 0 Å². The molecule has 8 nitrogen and oxygen atoms in total. The molecule has 1 amide bonds. The Balaban J connectivity index is 2.27. The number of benzene rings is 1. The summed E-state index contributed by atoms with van der Waals surface area (Å²) < 4.78 is 1.24. The standard InChI is InChI=1S/C17H18ClN7O/c1-4-19-17(26)25-16-13(15(20-9-21-16)22-10-24(2)3)14(23-25)11-5-7-12(18)8-6-11/h5-10H,4H2,1-3H3,(H,19,26)/b22-10+. The fourth-order valence-corrected chi connectivity index (χ4v) is 2.51. The van der Waals surface area contributed by atoms with Crippen LogP contribution in [0.15, 0.2) is 35.6 Å². The zero-order valence-electron chi connectivity index (χ0n) is 14.6. The van der Waals surface area contributed by atoms with Gasteiger partial charge in [-0.1, -0.05) is 23.7 Å². The first-order valence-corrected chi connectivity index (χ1v) is 8.37. The lowest BCUT2D eigenvalue weighted by Gasteiger charge is -2.04. The molecule has 0 aliphatic carbocycles.